The molecule has 0 aromatic heterocycles. The van der Waals surface area contributed by atoms with Gasteiger partial charge in [0.15, 0.2) is 11.5 Å². The first-order valence-corrected chi connectivity index (χ1v) is 14.3. The first-order chi connectivity index (χ1) is 19.4. The zero-order valence-electron chi connectivity index (χ0n) is 24.1. The van der Waals surface area contributed by atoms with Crippen LogP contribution in [0.25, 0.3) is 6.08 Å². The molecule has 0 saturated heterocycles. The van der Waals surface area contributed by atoms with Gasteiger partial charge < -0.3 is 29.7 Å². The van der Waals surface area contributed by atoms with Crippen LogP contribution in [0.4, 0.5) is 0 Å². The number of aromatic hydroxyl groups is 2. The first-order valence-electron chi connectivity index (χ1n) is 14.3. The number of carbonyl (C=O) groups excluding carboxylic acids is 2. The molecule has 0 unspecified atom stereocenters. The summed E-state index contributed by atoms with van der Waals surface area (Å²) >= 11 is 0. The average Bonchev–Trinajstić information content (AvgIpc) is 2.96. The van der Waals surface area contributed by atoms with E-state index in [9.17, 15) is 19.8 Å². The fraction of sp³-hybridized carbons (Fsp3) is 0.500. The van der Waals surface area contributed by atoms with E-state index in [4.69, 9.17) is 14.2 Å². The lowest BCUT2D eigenvalue weighted by molar-refractivity contribution is -0.147. The van der Waals surface area contributed by atoms with Gasteiger partial charge >= 0.3 is 5.97 Å². The Hall–Kier alpha value is -3.68. The second-order valence-electron chi connectivity index (χ2n) is 9.89. The van der Waals surface area contributed by atoms with Crippen molar-refractivity contribution in [2.45, 2.75) is 83.6 Å². The third kappa shape index (κ3) is 12.0. The molecule has 40 heavy (non-hydrogen) atoms. The first kappa shape index (κ1) is 32.5. The van der Waals surface area contributed by atoms with Gasteiger partial charge in [0.1, 0.15) is 11.8 Å². The van der Waals surface area contributed by atoms with Crippen LogP contribution in [0.1, 0.15) is 82.3 Å². The Bertz CT molecular complexity index is 1040. The summed E-state index contributed by atoms with van der Waals surface area (Å²) in [7, 11) is 2.84. The maximum absolute atomic E-state index is 12.9. The van der Waals surface area contributed by atoms with Gasteiger partial charge in [-0.05, 0) is 47.9 Å². The van der Waals surface area contributed by atoms with Crippen molar-refractivity contribution in [2.75, 3.05) is 20.8 Å². The topological polar surface area (TPSA) is 114 Å². The van der Waals surface area contributed by atoms with Crippen molar-refractivity contribution in [3.05, 3.63) is 53.6 Å². The number of nitrogens with one attached hydrogen (secondary N) is 1. The minimum absolute atomic E-state index is 0.121. The molecule has 2 rings (SSSR count). The summed E-state index contributed by atoms with van der Waals surface area (Å²) in [6.45, 7) is 2.53. The Labute approximate surface area is 238 Å². The van der Waals surface area contributed by atoms with Gasteiger partial charge in [-0.3, -0.25) is 4.79 Å². The third-order valence-corrected chi connectivity index (χ3v) is 6.65. The SMILES string of the molecule is CCCCCCCCCCCCOC(=O)[C@H](Cc1ccc(O)cc1)NC(=O)/C=C/c1cc(OC)c(O)c(OC)c1. The van der Waals surface area contributed by atoms with Gasteiger partial charge in [0, 0.05) is 12.5 Å². The van der Waals surface area contributed by atoms with Crippen molar-refractivity contribution in [1.29, 1.82) is 0 Å². The molecular weight excluding hydrogens is 510 g/mol. The third-order valence-electron chi connectivity index (χ3n) is 6.65. The Morgan fingerprint density at radius 2 is 1.40 bits per heavy atom. The summed E-state index contributed by atoms with van der Waals surface area (Å²) < 4.78 is 15.8. The van der Waals surface area contributed by atoms with Crippen LogP contribution in [-0.4, -0.2) is 49.0 Å². The van der Waals surface area contributed by atoms with E-state index in [0.717, 1.165) is 24.8 Å². The molecule has 0 aliphatic rings. The number of hydrogen-bond acceptors (Lipinski definition) is 7. The van der Waals surface area contributed by atoms with E-state index >= 15 is 0 Å². The minimum Gasteiger partial charge on any atom is -0.508 e. The molecule has 220 valence electrons. The second-order valence-corrected chi connectivity index (χ2v) is 9.89. The molecule has 0 saturated carbocycles. The molecule has 8 heteroatoms. The molecule has 1 amide bonds. The Morgan fingerprint density at radius 1 is 0.850 bits per heavy atom. The molecule has 0 aliphatic heterocycles. The number of methoxy groups -OCH3 is 2. The molecule has 1 atom stereocenters. The molecule has 2 aromatic rings. The van der Waals surface area contributed by atoms with Crippen LogP contribution < -0.4 is 14.8 Å². The summed E-state index contributed by atoms with van der Waals surface area (Å²) in [6, 6.07) is 8.72. The van der Waals surface area contributed by atoms with E-state index in [1.807, 2.05) is 0 Å². The molecular formula is C32H45NO7. The molecule has 0 fully saturated rings. The van der Waals surface area contributed by atoms with Crippen molar-refractivity contribution in [3.63, 3.8) is 0 Å². The number of ether oxygens (including phenoxy) is 3. The van der Waals surface area contributed by atoms with E-state index in [1.54, 1.807) is 24.3 Å². The van der Waals surface area contributed by atoms with Crippen LogP contribution in [0.2, 0.25) is 0 Å². The minimum atomic E-state index is -0.895. The fourth-order valence-electron chi connectivity index (χ4n) is 4.33. The largest absolute Gasteiger partial charge is 0.508 e. The molecule has 0 heterocycles. The molecule has 0 radical (unpaired) electrons. The summed E-state index contributed by atoms with van der Waals surface area (Å²) in [5.74, 6) is -0.578. The van der Waals surface area contributed by atoms with Crippen LogP contribution in [0.3, 0.4) is 0 Å². The smallest absolute Gasteiger partial charge is 0.328 e. The Kier molecular flexibility index (Phi) is 15.1. The van der Waals surface area contributed by atoms with Gasteiger partial charge in [0.2, 0.25) is 11.7 Å². The number of esters is 1. The van der Waals surface area contributed by atoms with Crippen LogP contribution in [0, 0.1) is 0 Å². The van der Waals surface area contributed by atoms with Crippen molar-refractivity contribution in [1.82, 2.24) is 5.32 Å². The maximum Gasteiger partial charge on any atom is 0.328 e. The van der Waals surface area contributed by atoms with Gasteiger partial charge in [-0.1, -0.05) is 76.8 Å². The highest BCUT2D eigenvalue weighted by atomic mass is 16.5. The second kappa shape index (κ2) is 18.6. The zero-order chi connectivity index (χ0) is 29.2. The lowest BCUT2D eigenvalue weighted by Gasteiger charge is -2.17. The number of carbonyl (C=O) groups is 2. The van der Waals surface area contributed by atoms with Crippen LogP contribution >= 0.6 is 0 Å². The van der Waals surface area contributed by atoms with E-state index < -0.39 is 17.9 Å². The summed E-state index contributed by atoms with van der Waals surface area (Å²) in [6.07, 6.45) is 14.9. The Morgan fingerprint density at radius 3 is 1.95 bits per heavy atom. The highest BCUT2D eigenvalue weighted by molar-refractivity contribution is 5.94. The van der Waals surface area contributed by atoms with Gasteiger partial charge in [-0.2, -0.15) is 0 Å². The van der Waals surface area contributed by atoms with E-state index in [2.05, 4.69) is 12.2 Å². The van der Waals surface area contributed by atoms with Gasteiger partial charge in [0.05, 0.1) is 20.8 Å². The number of amides is 1. The molecule has 0 bridgehead atoms. The number of hydrogen-bond donors (Lipinski definition) is 3. The molecule has 3 N–H and O–H groups in total. The predicted octanol–water partition coefficient (Wildman–Crippen LogP) is 6.32. The van der Waals surface area contributed by atoms with E-state index in [-0.39, 0.29) is 29.4 Å². The van der Waals surface area contributed by atoms with Crippen LogP contribution in [0.5, 0.6) is 23.0 Å². The number of phenols is 2. The van der Waals surface area contributed by atoms with E-state index in [0.29, 0.717) is 12.2 Å². The molecule has 8 nitrogen and oxygen atoms in total. The molecule has 0 aliphatic carbocycles. The normalized spacial score (nSPS) is 11.8. The number of rotatable bonds is 19. The quantitative estimate of drug-likeness (QED) is 0.106. The van der Waals surface area contributed by atoms with Crippen LogP contribution in [0.15, 0.2) is 42.5 Å². The number of phenolic OH excluding ortho intramolecular Hbond substituents is 2. The average molecular weight is 556 g/mol. The standard InChI is InChI=1S/C32H45NO7/c1-4-5-6-7-8-9-10-11-12-13-20-40-32(37)27(21-24-14-17-26(34)18-15-24)33-30(35)19-16-25-22-28(38-2)31(36)29(23-25)39-3/h14-19,22-23,27,34,36H,4-13,20-21H2,1-3H3,(H,33,35)/b19-16+/t27-/m0/s1. The zero-order valence-corrected chi connectivity index (χ0v) is 24.1. The molecule has 0 spiro atoms. The number of benzene rings is 2. The lowest BCUT2D eigenvalue weighted by atomic mass is 10.1. The highest BCUT2D eigenvalue weighted by Crippen LogP contribution is 2.37. The highest BCUT2D eigenvalue weighted by Gasteiger charge is 2.22. The Balaban J connectivity index is 1.91. The van der Waals surface area contributed by atoms with Crippen LogP contribution in [-0.2, 0) is 20.7 Å². The summed E-state index contributed by atoms with van der Waals surface area (Å²) in [4.78, 5) is 25.7. The fourth-order valence-corrected chi connectivity index (χ4v) is 4.33. The predicted molar refractivity (Wildman–Crippen MR) is 157 cm³/mol. The van der Waals surface area contributed by atoms with Gasteiger partial charge in [-0.15, -0.1) is 0 Å². The lowest BCUT2D eigenvalue weighted by Crippen LogP contribution is -2.42. The van der Waals surface area contributed by atoms with Crippen molar-refractivity contribution >= 4 is 18.0 Å². The molecule has 2 aromatic carbocycles. The van der Waals surface area contributed by atoms with Crippen molar-refractivity contribution < 1.29 is 34.0 Å². The van der Waals surface area contributed by atoms with Crippen molar-refractivity contribution in [2.24, 2.45) is 0 Å². The summed E-state index contributed by atoms with van der Waals surface area (Å²) in [5.41, 5.74) is 1.34. The van der Waals surface area contributed by atoms with Crippen molar-refractivity contribution in [3.8, 4) is 23.0 Å². The number of unbranched alkanes of at least 4 members (excludes halogenated alkanes) is 9. The van der Waals surface area contributed by atoms with E-state index in [1.165, 1.54) is 83.5 Å². The monoisotopic (exact) mass is 555 g/mol. The summed E-state index contributed by atoms with van der Waals surface area (Å²) in [5, 5.41) is 22.4. The van der Waals surface area contributed by atoms with Gasteiger partial charge in [-0.25, -0.2) is 4.79 Å². The maximum atomic E-state index is 12.9. The van der Waals surface area contributed by atoms with Gasteiger partial charge in [0.25, 0.3) is 0 Å².